The van der Waals surface area contributed by atoms with Crippen molar-refractivity contribution in [2.45, 2.75) is 69.4 Å². The molecule has 0 unspecified atom stereocenters. The van der Waals surface area contributed by atoms with Crippen molar-refractivity contribution in [3.63, 3.8) is 0 Å². The van der Waals surface area contributed by atoms with Crippen LogP contribution >= 0.6 is 0 Å². The molecule has 2 amide bonds. The number of nitrogens with zero attached hydrogens (tertiary/aromatic N) is 6. The molecule has 2 aromatic carbocycles. The molecule has 14 heteroatoms. The van der Waals surface area contributed by atoms with Crippen LogP contribution in [0.5, 0.6) is 0 Å². The summed E-state index contributed by atoms with van der Waals surface area (Å²) in [6.07, 6.45) is 2.85. The van der Waals surface area contributed by atoms with Crippen molar-refractivity contribution in [1.29, 1.82) is 0 Å². The molecule has 0 spiro atoms. The van der Waals surface area contributed by atoms with Crippen LogP contribution in [0.4, 0.5) is 11.8 Å². The van der Waals surface area contributed by atoms with E-state index in [0.29, 0.717) is 54.7 Å². The SMILES string of the molecule is CCNC(=O)[C@H]1O[C@@H](n2cnc3c(NCC(c4ccccc4)c4ccccc4)nc(N4CC[C@H](c5cnccc5C(N)=O)C4)nc32)[C@@H]2OC(C)(C)O[C@@H]21. The van der Waals surface area contributed by atoms with Gasteiger partial charge in [0, 0.05) is 56.0 Å². The highest BCUT2D eigenvalue weighted by molar-refractivity contribution is 5.94. The number of nitrogens with two attached hydrogens (primary N) is 1. The van der Waals surface area contributed by atoms with Gasteiger partial charge in [0.1, 0.15) is 12.2 Å². The Hall–Kier alpha value is -5.44. The van der Waals surface area contributed by atoms with Crippen molar-refractivity contribution in [3.05, 3.63) is 108 Å². The van der Waals surface area contributed by atoms with E-state index in [2.05, 4.69) is 44.8 Å². The highest BCUT2D eigenvalue weighted by atomic mass is 16.8. The van der Waals surface area contributed by atoms with Crippen molar-refractivity contribution < 1.29 is 23.8 Å². The van der Waals surface area contributed by atoms with Crippen LogP contribution in [0.3, 0.4) is 0 Å². The number of ether oxygens (including phenoxy) is 3. The third-order valence-corrected chi connectivity index (χ3v) is 10.2. The van der Waals surface area contributed by atoms with Crippen molar-refractivity contribution in [3.8, 4) is 0 Å². The van der Waals surface area contributed by atoms with Crippen molar-refractivity contribution in [1.82, 2.24) is 29.8 Å². The van der Waals surface area contributed by atoms with Crippen LogP contribution in [0.2, 0.25) is 0 Å². The lowest BCUT2D eigenvalue weighted by atomic mass is 9.91. The number of aromatic nitrogens is 5. The molecule has 0 bridgehead atoms. The Morgan fingerprint density at radius 1 is 1.00 bits per heavy atom. The summed E-state index contributed by atoms with van der Waals surface area (Å²) in [6, 6.07) is 22.4. The highest BCUT2D eigenvalue weighted by Crippen LogP contribution is 2.44. The first-order valence-corrected chi connectivity index (χ1v) is 18.1. The monoisotopic (exact) mass is 717 g/mol. The third-order valence-electron chi connectivity index (χ3n) is 10.2. The van der Waals surface area contributed by atoms with Crippen molar-refractivity contribution >= 4 is 34.7 Å². The second-order valence-electron chi connectivity index (χ2n) is 14.1. The first kappa shape index (κ1) is 34.6. The Morgan fingerprint density at radius 2 is 1.72 bits per heavy atom. The number of imidazole rings is 1. The second-order valence-corrected chi connectivity index (χ2v) is 14.1. The number of hydrogen-bond donors (Lipinski definition) is 3. The fraction of sp³-hybridized carbons (Fsp3) is 0.385. The molecule has 0 aliphatic carbocycles. The number of likely N-dealkylation sites (N-methyl/N-ethyl adjacent to an activating group) is 1. The smallest absolute Gasteiger partial charge is 0.252 e. The maximum Gasteiger partial charge on any atom is 0.252 e. The molecule has 53 heavy (non-hydrogen) atoms. The molecule has 3 fully saturated rings. The number of benzene rings is 2. The Morgan fingerprint density at radius 3 is 2.42 bits per heavy atom. The van der Waals surface area contributed by atoms with Crippen LogP contribution in [-0.4, -0.2) is 86.6 Å². The number of nitrogens with one attached hydrogen (secondary N) is 2. The zero-order valence-corrected chi connectivity index (χ0v) is 29.9. The topological polar surface area (TPSA) is 172 Å². The van der Waals surface area contributed by atoms with Gasteiger partial charge in [0.25, 0.3) is 5.91 Å². The minimum Gasteiger partial charge on any atom is -0.367 e. The van der Waals surface area contributed by atoms with Gasteiger partial charge in [0.2, 0.25) is 11.9 Å². The molecule has 3 aromatic heterocycles. The van der Waals surface area contributed by atoms with E-state index < -0.39 is 36.2 Å². The number of primary amides is 1. The Labute approximate surface area is 307 Å². The highest BCUT2D eigenvalue weighted by Gasteiger charge is 2.58. The number of fused-ring (bicyclic) bond motifs is 2. The molecule has 6 heterocycles. The fourth-order valence-corrected chi connectivity index (χ4v) is 7.79. The first-order valence-electron chi connectivity index (χ1n) is 18.1. The number of amides is 2. The van der Waals surface area contributed by atoms with Crippen molar-refractivity contribution in [2.75, 3.05) is 36.4 Å². The summed E-state index contributed by atoms with van der Waals surface area (Å²) < 4.78 is 20.8. The predicted octanol–water partition coefficient (Wildman–Crippen LogP) is 4.11. The molecule has 8 rings (SSSR count). The van der Waals surface area contributed by atoms with E-state index in [1.165, 1.54) is 0 Å². The predicted molar refractivity (Wildman–Crippen MR) is 197 cm³/mol. The third kappa shape index (κ3) is 6.69. The Bertz CT molecular complexity index is 2070. The van der Waals surface area contributed by atoms with Gasteiger partial charge in [-0.05, 0) is 49.9 Å². The molecule has 274 valence electrons. The number of anilines is 2. The summed E-state index contributed by atoms with van der Waals surface area (Å²) >= 11 is 0. The van der Waals surface area contributed by atoms with E-state index in [1.807, 2.05) is 61.7 Å². The van der Waals surface area contributed by atoms with E-state index in [1.54, 1.807) is 24.8 Å². The maximum atomic E-state index is 13.2. The maximum absolute atomic E-state index is 13.2. The normalized spacial score (nSPS) is 23.4. The van der Waals surface area contributed by atoms with Crippen molar-refractivity contribution in [2.24, 2.45) is 5.73 Å². The Balaban J connectivity index is 1.18. The molecule has 3 aliphatic rings. The van der Waals surface area contributed by atoms with Gasteiger partial charge in [-0.25, -0.2) is 4.98 Å². The van der Waals surface area contributed by atoms with Crippen LogP contribution in [0.25, 0.3) is 11.2 Å². The molecule has 5 atom stereocenters. The number of carbonyl (C=O) groups excluding carboxylic acids is 2. The van der Waals surface area contributed by atoms with E-state index in [0.717, 1.165) is 23.1 Å². The lowest BCUT2D eigenvalue weighted by Crippen LogP contribution is -2.42. The quantitative estimate of drug-likeness (QED) is 0.180. The molecule has 4 N–H and O–H groups in total. The van der Waals surface area contributed by atoms with Gasteiger partial charge in [-0.15, -0.1) is 0 Å². The fourth-order valence-electron chi connectivity index (χ4n) is 7.79. The average molecular weight is 718 g/mol. The van der Waals surface area contributed by atoms with Gasteiger partial charge in [-0.1, -0.05) is 60.7 Å². The largest absolute Gasteiger partial charge is 0.367 e. The van der Waals surface area contributed by atoms with Crippen LogP contribution in [0.1, 0.15) is 72.3 Å². The first-order chi connectivity index (χ1) is 25.7. The summed E-state index contributed by atoms with van der Waals surface area (Å²) in [4.78, 5) is 46.9. The van der Waals surface area contributed by atoms with Gasteiger partial charge in [-0.2, -0.15) is 9.97 Å². The summed E-state index contributed by atoms with van der Waals surface area (Å²) in [6.45, 7) is 7.70. The Kier molecular flexibility index (Phi) is 9.27. The molecular weight excluding hydrogens is 674 g/mol. The van der Waals surface area contributed by atoms with Gasteiger partial charge >= 0.3 is 0 Å². The number of hydrogen-bond acceptors (Lipinski definition) is 11. The minimum absolute atomic E-state index is 0.00427. The van der Waals surface area contributed by atoms with Gasteiger partial charge < -0.3 is 35.5 Å². The lowest BCUT2D eigenvalue weighted by Gasteiger charge is -2.25. The summed E-state index contributed by atoms with van der Waals surface area (Å²) in [7, 11) is 0. The van der Waals surface area contributed by atoms with E-state index in [-0.39, 0.29) is 17.7 Å². The van der Waals surface area contributed by atoms with Crippen LogP contribution in [0.15, 0.2) is 85.5 Å². The van der Waals surface area contributed by atoms with Gasteiger partial charge in [0.15, 0.2) is 35.1 Å². The zero-order chi connectivity index (χ0) is 36.7. The second kappa shape index (κ2) is 14.2. The lowest BCUT2D eigenvalue weighted by molar-refractivity contribution is -0.197. The summed E-state index contributed by atoms with van der Waals surface area (Å²) in [5, 5.41) is 6.51. The van der Waals surface area contributed by atoms with E-state index in [9.17, 15) is 9.59 Å². The molecule has 3 saturated heterocycles. The number of carbonyl (C=O) groups is 2. The van der Waals surface area contributed by atoms with Crippen LogP contribution in [0, 0.1) is 0 Å². The number of pyridine rings is 1. The minimum atomic E-state index is -0.921. The summed E-state index contributed by atoms with van der Waals surface area (Å²) in [5.41, 5.74) is 10.4. The molecule has 5 aromatic rings. The molecule has 0 radical (unpaired) electrons. The molecule has 14 nitrogen and oxygen atoms in total. The number of rotatable bonds is 11. The summed E-state index contributed by atoms with van der Waals surface area (Å²) in [5.74, 6) is -0.612. The van der Waals surface area contributed by atoms with Crippen LogP contribution < -0.4 is 21.3 Å². The molecule has 3 aliphatic heterocycles. The zero-order valence-electron chi connectivity index (χ0n) is 29.9. The standard InChI is InChI=1S/C39H43N9O5/c1-4-42-36(50)31-30-32(53-39(2,3)52-30)37(51-31)48-22-44-29-34(43-20-27(23-11-7-5-8-12-23)24-13-9-6-10-14-24)45-38(46-35(29)48)47-18-16-25(21-47)28-19-41-17-15-26(28)33(40)49/h5-15,17,19,22,25,27,30-32,37H,4,16,18,20-21H2,1-3H3,(H2,40,49)(H,42,50)(H,43,45,46)/t25-,30+,31-,32+,37+/m0/s1. The van der Waals surface area contributed by atoms with Gasteiger partial charge in [-0.3, -0.25) is 19.1 Å². The van der Waals surface area contributed by atoms with E-state index >= 15 is 0 Å². The molecule has 0 saturated carbocycles. The van der Waals surface area contributed by atoms with Gasteiger partial charge in [0.05, 0.1) is 6.33 Å². The van der Waals surface area contributed by atoms with E-state index in [4.69, 9.17) is 34.9 Å². The molecular formula is C39H43N9O5. The average Bonchev–Trinajstić information content (AvgIpc) is 3.95. The van der Waals surface area contributed by atoms with Crippen LogP contribution in [-0.2, 0) is 19.0 Å².